The highest BCUT2D eigenvalue weighted by Crippen LogP contribution is 2.37. The SMILES string of the molecule is CCCCCOc1ccc(C#Cc2ccc([C@H]3CC[C@H](CCCC)CC3)cc2)cc1. The van der Waals surface area contributed by atoms with Gasteiger partial charge in [0.15, 0.2) is 0 Å². The van der Waals surface area contributed by atoms with Crippen molar-refractivity contribution < 1.29 is 4.74 Å². The fraction of sp³-hybridized carbons (Fsp3) is 0.517. The summed E-state index contributed by atoms with van der Waals surface area (Å²) in [5, 5.41) is 0. The van der Waals surface area contributed by atoms with E-state index in [1.165, 1.54) is 63.4 Å². The number of benzene rings is 2. The maximum absolute atomic E-state index is 5.77. The maximum Gasteiger partial charge on any atom is 0.119 e. The quantitative estimate of drug-likeness (QED) is 0.304. The molecule has 0 amide bonds. The van der Waals surface area contributed by atoms with Crippen molar-refractivity contribution >= 4 is 0 Å². The molecule has 0 bridgehead atoms. The van der Waals surface area contributed by atoms with Crippen LogP contribution in [0.4, 0.5) is 0 Å². The minimum atomic E-state index is 0.745. The Kier molecular flexibility index (Phi) is 9.36. The molecule has 0 spiro atoms. The van der Waals surface area contributed by atoms with Gasteiger partial charge < -0.3 is 4.74 Å². The summed E-state index contributed by atoms with van der Waals surface area (Å²) in [6.07, 6.45) is 13.3. The highest BCUT2D eigenvalue weighted by Gasteiger charge is 2.21. The predicted octanol–water partition coefficient (Wildman–Crippen LogP) is 8.12. The fourth-order valence-electron chi connectivity index (χ4n) is 4.44. The smallest absolute Gasteiger partial charge is 0.119 e. The summed E-state index contributed by atoms with van der Waals surface area (Å²) >= 11 is 0. The molecule has 0 aliphatic heterocycles. The Labute approximate surface area is 184 Å². The van der Waals surface area contributed by atoms with Gasteiger partial charge in [0, 0.05) is 11.1 Å². The van der Waals surface area contributed by atoms with Gasteiger partial charge in [-0.15, -0.1) is 0 Å². The molecule has 2 aromatic rings. The third-order valence-corrected chi connectivity index (χ3v) is 6.42. The van der Waals surface area contributed by atoms with Crippen LogP contribution >= 0.6 is 0 Å². The molecule has 0 saturated heterocycles. The Morgan fingerprint density at radius 3 is 1.93 bits per heavy atom. The van der Waals surface area contributed by atoms with Gasteiger partial charge in [-0.05, 0) is 85.9 Å². The van der Waals surface area contributed by atoms with Crippen LogP contribution in [0.5, 0.6) is 5.75 Å². The van der Waals surface area contributed by atoms with E-state index in [9.17, 15) is 0 Å². The lowest BCUT2D eigenvalue weighted by molar-refractivity contribution is 0.304. The summed E-state index contributed by atoms with van der Waals surface area (Å²) in [5.74, 6) is 9.25. The summed E-state index contributed by atoms with van der Waals surface area (Å²) in [4.78, 5) is 0. The van der Waals surface area contributed by atoms with E-state index in [1.807, 2.05) is 24.3 Å². The third kappa shape index (κ3) is 7.24. The Balaban J connectivity index is 1.49. The Morgan fingerprint density at radius 2 is 1.33 bits per heavy atom. The van der Waals surface area contributed by atoms with E-state index < -0.39 is 0 Å². The lowest BCUT2D eigenvalue weighted by Gasteiger charge is -2.28. The van der Waals surface area contributed by atoms with Crippen LogP contribution in [0.25, 0.3) is 0 Å². The molecular weight excluding hydrogens is 364 g/mol. The van der Waals surface area contributed by atoms with Crippen LogP contribution in [0.15, 0.2) is 48.5 Å². The van der Waals surface area contributed by atoms with Gasteiger partial charge in [0.1, 0.15) is 5.75 Å². The molecule has 1 aliphatic rings. The average molecular weight is 403 g/mol. The standard InChI is InChI=1S/C29H38O/c1-3-5-7-23-30-29-21-15-26(16-22-29)10-9-25-13-19-28(20-14-25)27-17-11-24(12-18-27)8-6-4-2/h13-16,19-22,24,27H,3-8,11-12,17-18,23H2,1-2H3/t24-,27-. The molecule has 1 saturated carbocycles. The van der Waals surface area contributed by atoms with Gasteiger partial charge in [-0.1, -0.05) is 69.9 Å². The number of hydrogen-bond acceptors (Lipinski definition) is 1. The lowest BCUT2D eigenvalue weighted by atomic mass is 9.77. The number of unbranched alkanes of at least 4 members (excludes halogenated alkanes) is 3. The third-order valence-electron chi connectivity index (χ3n) is 6.42. The minimum Gasteiger partial charge on any atom is -0.494 e. The van der Waals surface area contributed by atoms with Crippen LogP contribution in [0.2, 0.25) is 0 Å². The van der Waals surface area contributed by atoms with Gasteiger partial charge in [-0.3, -0.25) is 0 Å². The van der Waals surface area contributed by atoms with Gasteiger partial charge in [0.2, 0.25) is 0 Å². The van der Waals surface area contributed by atoms with Crippen LogP contribution in [-0.4, -0.2) is 6.61 Å². The summed E-state index contributed by atoms with van der Waals surface area (Å²) in [6.45, 7) is 5.31. The van der Waals surface area contributed by atoms with Crippen LogP contribution in [0, 0.1) is 17.8 Å². The molecule has 1 aliphatic carbocycles. The summed E-state index contributed by atoms with van der Waals surface area (Å²) < 4.78 is 5.77. The topological polar surface area (TPSA) is 9.23 Å². The largest absolute Gasteiger partial charge is 0.494 e. The average Bonchev–Trinajstić information content (AvgIpc) is 2.81. The van der Waals surface area contributed by atoms with Gasteiger partial charge in [0.25, 0.3) is 0 Å². The molecule has 160 valence electrons. The van der Waals surface area contributed by atoms with Crippen molar-refractivity contribution in [3.05, 3.63) is 65.2 Å². The number of ether oxygens (including phenoxy) is 1. The first kappa shape index (κ1) is 22.5. The van der Waals surface area contributed by atoms with E-state index >= 15 is 0 Å². The lowest BCUT2D eigenvalue weighted by Crippen LogP contribution is -2.13. The first-order valence-electron chi connectivity index (χ1n) is 12.1. The molecule has 1 nitrogen and oxygen atoms in total. The van der Waals surface area contributed by atoms with E-state index in [-0.39, 0.29) is 0 Å². The van der Waals surface area contributed by atoms with Crippen molar-refractivity contribution in [1.29, 1.82) is 0 Å². The molecule has 0 radical (unpaired) electrons. The molecule has 2 aromatic carbocycles. The zero-order valence-corrected chi connectivity index (χ0v) is 19.0. The maximum atomic E-state index is 5.77. The molecule has 0 heterocycles. The molecule has 0 atom stereocenters. The monoisotopic (exact) mass is 402 g/mol. The summed E-state index contributed by atoms with van der Waals surface area (Å²) in [7, 11) is 0. The van der Waals surface area contributed by atoms with Crippen molar-refractivity contribution in [3.63, 3.8) is 0 Å². The van der Waals surface area contributed by atoms with Crippen LogP contribution in [-0.2, 0) is 0 Å². The molecule has 1 fully saturated rings. The van der Waals surface area contributed by atoms with E-state index in [0.717, 1.165) is 41.7 Å². The normalized spacial score (nSPS) is 18.5. The van der Waals surface area contributed by atoms with Gasteiger partial charge in [-0.2, -0.15) is 0 Å². The summed E-state index contributed by atoms with van der Waals surface area (Å²) in [6, 6.07) is 17.1. The number of rotatable bonds is 9. The predicted molar refractivity (Wildman–Crippen MR) is 128 cm³/mol. The molecule has 0 unspecified atom stereocenters. The highest BCUT2D eigenvalue weighted by atomic mass is 16.5. The first-order chi connectivity index (χ1) is 14.8. The zero-order chi connectivity index (χ0) is 21.0. The van der Waals surface area contributed by atoms with Gasteiger partial charge in [-0.25, -0.2) is 0 Å². The van der Waals surface area contributed by atoms with Crippen molar-refractivity contribution in [3.8, 4) is 17.6 Å². The van der Waals surface area contributed by atoms with E-state index in [2.05, 4.69) is 50.0 Å². The van der Waals surface area contributed by atoms with Crippen LogP contribution < -0.4 is 4.74 Å². The molecule has 30 heavy (non-hydrogen) atoms. The molecule has 1 heteroatoms. The number of hydrogen-bond donors (Lipinski definition) is 0. The molecule has 0 N–H and O–H groups in total. The second kappa shape index (κ2) is 12.5. The van der Waals surface area contributed by atoms with Crippen molar-refractivity contribution in [2.45, 2.75) is 84.0 Å². The fourth-order valence-corrected chi connectivity index (χ4v) is 4.44. The second-order valence-electron chi connectivity index (χ2n) is 8.81. The molecular formula is C29H38O. The zero-order valence-electron chi connectivity index (χ0n) is 19.0. The Bertz CT molecular complexity index is 783. The van der Waals surface area contributed by atoms with E-state index in [0.29, 0.717) is 0 Å². The second-order valence-corrected chi connectivity index (χ2v) is 8.81. The van der Waals surface area contributed by atoms with Crippen molar-refractivity contribution in [1.82, 2.24) is 0 Å². The van der Waals surface area contributed by atoms with Crippen LogP contribution in [0.1, 0.15) is 101 Å². The minimum absolute atomic E-state index is 0.745. The first-order valence-corrected chi connectivity index (χ1v) is 12.1. The van der Waals surface area contributed by atoms with Crippen molar-refractivity contribution in [2.24, 2.45) is 5.92 Å². The van der Waals surface area contributed by atoms with Gasteiger partial charge in [0.05, 0.1) is 6.61 Å². The summed E-state index contributed by atoms with van der Waals surface area (Å²) in [5.41, 5.74) is 3.62. The highest BCUT2D eigenvalue weighted by molar-refractivity contribution is 5.45. The molecule has 0 aromatic heterocycles. The van der Waals surface area contributed by atoms with Crippen molar-refractivity contribution in [2.75, 3.05) is 6.61 Å². The Hall–Kier alpha value is -2.20. The van der Waals surface area contributed by atoms with E-state index in [4.69, 9.17) is 4.74 Å². The van der Waals surface area contributed by atoms with E-state index in [1.54, 1.807) is 0 Å². The molecule has 3 rings (SSSR count). The van der Waals surface area contributed by atoms with Gasteiger partial charge >= 0.3 is 0 Å². The Morgan fingerprint density at radius 1 is 0.733 bits per heavy atom. The van der Waals surface area contributed by atoms with Crippen LogP contribution in [0.3, 0.4) is 0 Å².